The number of fused-ring (bicyclic) bond motifs is 3. The average Bonchev–Trinajstić information content (AvgIpc) is 3.06. The summed E-state index contributed by atoms with van der Waals surface area (Å²) in [7, 11) is 0. The zero-order valence-electron chi connectivity index (χ0n) is 14.9. The average molecular weight is 342 g/mol. The quantitative estimate of drug-likeness (QED) is 0.557. The first-order chi connectivity index (χ1) is 12.8. The smallest absolute Gasteiger partial charge is 0.128 e. The third-order valence-corrected chi connectivity index (χ3v) is 5.59. The van der Waals surface area contributed by atoms with E-state index in [2.05, 4.69) is 52.1 Å². The third kappa shape index (κ3) is 2.62. The van der Waals surface area contributed by atoms with E-state index < -0.39 is 0 Å². The monoisotopic (exact) mass is 342 g/mol. The highest BCUT2D eigenvalue weighted by Gasteiger charge is 2.16. The molecule has 3 aromatic heterocycles. The van der Waals surface area contributed by atoms with Gasteiger partial charge in [0.25, 0.3) is 0 Å². The Morgan fingerprint density at radius 3 is 2.58 bits per heavy atom. The van der Waals surface area contributed by atoms with Crippen LogP contribution < -0.4 is 4.90 Å². The zero-order valence-corrected chi connectivity index (χ0v) is 14.9. The lowest BCUT2D eigenvalue weighted by Crippen LogP contribution is -2.33. The lowest BCUT2D eigenvalue weighted by molar-refractivity contribution is 0.436. The van der Waals surface area contributed by atoms with E-state index in [-0.39, 0.29) is 0 Å². The summed E-state index contributed by atoms with van der Waals surface area (Å²) in [6, 6.07) is 12.9. The molecule has 1 aliphatic rings. The van der Waals surface area contributed by atoms with E-state index >= 15 is 0 Å². The third-order valence-electron chi connectivity index (χ3n) is 5.59. The van der Waals surface area contributed by atoms with Crippen LogP contribution in [0.2, 0.25) is 0 Å². The normalized spacial score (nSPS) is 15.8. The first-order valence-corrected chi connectivity index (χ1v) is 9.35. The highest BCUT2D eigenvalue weighted by Crippen LogP contribution is 2.30. The van der Waals surface area contributed by atoms with Crippen molar-refractivity contribution in [3.05, 3.63) is 55.0 Å². The van der Waals surface area contributed by atoms with Crippen molar-refractivity contribution < 1.29 is 0 Å². The molecule has 4 heterocycles. The minimum Gasteiger partial charge on any atom is -0.357 e. The highest BCUT2D eigenvalue weighted by molar-refractivity contribution is 6.07. The van der Waals surface area contributed by atoms with Crippen LogP contribution in [0.4, 0.5) is 5.82 Å². The number of hydrogen-bond donors (Lipinski definition) is 1. The van der Waals surface area contributed by atoms with E-state index in [4.69, 9.17) is 4.98 Å². The number of H-pyrrole nitrogens is 1. The van der Waals surface area contributed by atoms with Gasteiger partial charge in [-0.3, -0.25) is 4.98 Å². The topological polar surface area (TPSA) is 44.8 Å². The first-order valence-electron chi connectivity index (χ1n) is 9.35. The van der Waals surface area contributed by atoms with Crippen LogP contribution in [0, 0.1) is 5.92 Å². The zero-order chi connectivity index (χ0) is 17.5. The lowest BCUT2D eigenvalue weighted by atomic mass is 9.99. The molecule has 0 bridgehead atoms. The highest BCUT2D eigenvalue weighted by atomic mass is 15.2. The number of nitrogens with zero attached hydrogens (tertiary/aromatic N) is 3. The summed E-state index contributed by atoms with van der Waals surface area (Å²) in [5.41, 5.74) is 4.60. The molecular weight excluding hydrogens is 320 g/mol. The molecule has 1 N–H and O–H groups in total. The van der Waals surface area contributed by atoms with E-state index in [1.807, 2.05) is 24.7 Å². The number of piperidine rings is 1. The minimum atomic E-state index is 0.837. The van der Waals surface area contributed by atoms with Crippen LogP contribution in [0.3, 0.4) is 0 Å². The predicted molar refractivity (Wildman–Crippen MR) is 107 cm³/mol. The van der Waals surface area contributed by atoms with Gasteiger partial charge in [0.2, 0.25) is 0 Å². The minimum absolute atomic E-state index is 0.837. The molecule has 1 aliphatic heterocycles. The molecule has 26 heavy (non-hydrogen) atoms. The number of pyridine rings is 2. The van der Waals surface area contributed by atoms with E-state index in [1.165, 1.54) is 29.2 Å². The maximum Gasteiger partial charge on any atom is 0.128 e. The van der Waals surface area contributed by atoms with Gasteiger partial charge < -0.3 is 9.88 Å². The standard InChI is InChI=1S/C22H22N4/c1-15-7-10-26(11-8-15)22-5-3-17(13-24-22)16-2-4-18-19-14-23-9-6-20(19)25-21(18)12-16/h2-6,9,12-15,25H,7-8,10-11H2,1H3. The molecule has 0 amide bonds. The molecule has 4 aromatic rings. The van der Waals surface area contributed by atoms with Crippen LogP contribution in [-0.2, 0) is 0 Å². The summed E-state index contributed by atoms with van der Waals surface area (Å²) < 4.78 is 0. The van der Waals surface area contributed by atoms with Crippen LogP contribution in [0.15, 0.2) is 55.0 Å². The maximum atomic E-state index is 4.73. The molecule has 1 aromatic carbocycles. The van der Waals surface area contributed by atoms with Gasteiger partial charge in [0.15, 0.2) is 0 Å². The number of nitrogens with one attached hydrogen (secondary N) is 1. The summed E-state index contributed by atoms with van der Waals surface area (Å²) in [4.78, 5) is 14.9. The number of anilines is 1. The Morgan fingerprint density at radius 1 is 0.923 bits per heavy atom. The fraction of sp³-hybridized carbons (Fsp3) is 0.273. The summed E-state index contributed by atoms with van der Waals surface area (Å²) in [6.45, 7) is 4.56. The Balaban J connectivity index is 1.46. The fourth-order valence-corrected chi connectivity index (χ4v) is 3.91. The van der Waals surface area contributed by atoms with Crippen molar-refractivity contribution in [1.82, 2.24) is 15.0 Å². The van der Waals surface area contributed by atoms with Crippen LogP contribution in [0.1, 0.15) is 19.8 Å². The van der Waals surface area contributed by atoms with Gasteiger partial charge in [0, 0.05) is 59.0 Å². The largest absolute Gasteiger partial charge is 0.357 e. The second-order valence-corrected chi connectivity index (χ2v) is 7.38. The Morgan fingerprint density at radius 2 is 1.77 bits per heavy atom. The SMILES string of the molecule is CC1CCN(c2ccc(-c3ccc4c(c3)[nH]c3ccncc34)cn2)CC1. The molecule has 0 unspecified atom stereocenters. The van der Waals surface area contributed by atoms with Crippen LogP contribution >= 0.6 is 0 Å². The van der Waals surface area contributed by atoms with Gasteiger partial charge >= 0.3 is 0 Å². The van der Waals surface area contributed by atoms with Gasteiger partial charge in [-0.1, -0.05) is 19.1 Å². The van der Waals surface area contributed by atoms with Gasteiger partial charge in [-0.2, -0.15) is 0 Å². The molecule has 0 radical (unpaired) electrons. The van der Waals surface area contributed by atoms with E-state index in [9.17, 15) is 0 Å². The Kier molecular flexibility index (Phi) is 3.63. The summed E-state index contributed by atoms with van der Waals surface area (Å²) in [6.07, 6.45) is 8.26. The molecule has 5 rings (SSSR count). The van der Waals surface area contributed by atoms with Crippen molar-refractivity contribution in [1.29, 1.82) is 0 Å². The van der Waals surface area contributed by atoms with E-state index in [0.29, 0.717) is 0 Å². The maximum absolute atomic E-state index is 4.73. The van der Waals surface area contributed by atoms with Crippen LogP contribution in [-0.4, -0.2) is 28.0 Å². The second kappa shape index (κ2) is 6.13. The van der Waals surface area contributed by atoms with Crippen LogP contribution in [0.5, 0.6) is 0 Å². The molecule has 1 saturated heterocycles. The molecule has 0 atom stereocenters. The van der Waals surface area contributed by atoms with E-state index in [0.717, 1.165) is 41.4 Å². The molecule has 130 valence electrons. The predicted octanol–water partition coefficient (Wildman–Crippen LogP) is 5.01. The van der Waals surface area contributed by atoms with Crippen molar-refractivity contribution in [3.8, 4) is 11.1 Å². The Hall–Kier alpha value is -2.88. The second-order valence-electron chi connectivity index (χ2n) is 7.38. The van der Waals surface area contributed by atoms with E-state index in [1.54, 1.807) is 0 Å². The molecule has 4 heteroatoms. The number of benzene rings is 1. The summed E-state index contributed by atoms with van der Waals surface area (Å²) in [5, 5.41) is 2.38. The number of aromatic amines is 1. The number of aromatic nitrogens is 3. The molecule has 0 aliphatic carbocycles. The molecular formula is C22H22N4. The van der Waals surface area contributed by atoms with Gasteiger partial charge in [-0.25, -0.2) is 4.98 Å². The summed E-state index contributed by atoms with van der Waals surface area (Å²) >= 11 is 0. The Labute approximate surface area is 152 Å². The number of hydrogen-bond acceptors (Lipinski definition) is 3. The lowest BCUT2D eigenvalue weighted by Gasteiger charge is -2.31. The van der Waals surface area contributed by atoms with Crippen molar-refractivity contribution >= 4 is 27.6 Å². The van der Waals surface area contributed by atoms with Gasteiger partial charge in [0.05, 0.1) is 0 Å². The molecule has 0 spiro atoms. The number of rotatable bonds is 2. The summed E-state index contributed by atoms with van der Waals surface area (Å²) in [5.74, 6) is 1.93. The van der Waals surface area contributed by atoms with Gasteiger partial charge in [-0.05, 0) is 48.6 Å². The first kappa shape index (κ1) is 15.4. The van der Waals surface area contributed by atoms with Crippen molar-refractivity contribution in [3.63, 3.8) is 0 Å². The molecule has 4 nitrogen and oxygen atoms in total. The van der Waals surface area contributed by atoms with Crippen molar-refractivity contribution in [2.24, 2.45) is 5.92 Å². The fourth-order valence-electron chi connectivity index (χ4n) is 3.91. The Bertz CT molecular complexity index is 1060. The van der Waals surface area contributed by atoms with Gasteiger partial charge in [-0.15, -0.1) is 0 Å². The van der Waals surface area contributed by atoms with Crippen molar-refractivity contribution in [2.45, 2.75) is 19.8 Å². The van der Waals surface area contributed by atoms with Crippen molar-refractivity contribution in [2.75, 3.05) is 18.0 Å². The molecule has 1 fully saturated rings. The van der Waals surface area contributed by atoms with Gasteiger partial charge in [0.1, 0.15) is 5.82 Å². The van der Waals surface area contributed by atoms with Crippen LogP contribution in [0.25, 0.3) is 32.9 Å². The molecule has 0 saturated carbocycles.